The van der Waals surface area contributed by atoms with Crippen molar-refractivity contribution in [2.45, 2.75) is 0 Å². The SMILES string of the molecule is [AlH3].[O]=[Ce]=[O]. The zero-order valence-electron chi connectivity index (χ0n) is 1.32. The molecule has 0 heterocycles. The van der Waals surface area contributed by atoms with Crippen LogP contribution in [0.1, 0.15) is 0 Å². The van der Waals surface area contributed by atoms with Gasteiger partial charge in [0.05, 0.1) is 0 Å². The molecule has 0 unspecified atom stereocenters. The molecular formula is H3AlCeO2. The molecule has 0 aliphatic rings. The molecule has 0 aromatic carbocycles. The van der Waals surface area contributed by atoms with Crippen LogP contribution in [0.3, 0.4) is 0 Å². The Hall–Kier alpha value is 1.51. The summed E-state index contributed by atoms with van der Waals surface area (Å²) in [5.41, 5.74) is 0. The van der Waals surface area contributed by atoms with Gasteiger partial charge in [-0.3, -0.25) is 0 Å². The van der Waals surface area contributed by atoms with Crippen molar-refractivity contribution in [2.24, 2.45) is 0 Å². The molecule has 0 fully saturated rings. The monoisotopic (exact) mass is 202 g/mol. The predicted molar refractivity (Wildman–Crippen MR) is 11.3 cm³/mol. The van der Waals surface area contributed by atoms with Gasteiger partial charge < -0.3 is 0 Å². The van der Waals surface area contributed by atoms with Gasteiger partial charge in [-0.15, -0.1) is 0 Å². The molecule has 0 aromatic heterocycles. The average Bonchev–Trinajstić information content (AvgIpc) is 0.918. The number of hydrogen-bond acceptors (Lipinski definition) is 2. The first-order chi connectivity index (χ1) is 1.41. The van der Waals surface area contributed by atoms with Gasteiger partial charge in [0.25, 0.3) is 0 Å². The second-order valence-electron chi connectivity index (χ2n) is 0.0833. The topological polar surface area (TPSA) is 34.1 Å². The van der Waals surface area contributed by atoms with Crippen molar-refractivity contribution in [1.82, 2.24) is 0 Å². The van der Waals surface area contributed by atoms with Gasteiger partial charge in [0.2, 0.25) is 0 Å². The molecule has 0 spiro atoms. The fraction of sp³-hybridized carbons (Fsp3) is 0. The summed E-state index contributed by atoms with van der Waals surface area (Å²) in [6.07, 6.45) is 0. The Morgan fingerprint density at radius 2 is 1.25 bits per heavy atom. The zero-order valence-corrected chi connectivity index (χ0v) is 4.46. The van der Waals surface area contributed by atoms with Crippen LogP contribution in [0.4, 0.5) is 0 Å². The minimum absolute atomic E-state index is 0. The molecule has 2 nitrogen and oxygen atoms in total. The molecule has 4 heavy (non-hydrogen) atoms. The van der Waals surface area contributed by atoms with E-state index in [0.29, 0.717) is 0 Å². The van der Waals surface area contributed by atoms with Crippen LogP contribution in [-0.4, -0.2) is 17.4 Å². The Bertz CT molecular complexity index is 27.0. The molecule has 0 atom stereocenters. The van der Waals surface area contributed by atoms with Crippen molar-refractivity contribution < 1.29 is 39.7 Å². The Balaban J connectivity index is 0. The van der Waals surface area contributed by atoms with E-state index in [1.807, 2.05) is 0 Å². The van der Waals surface area contributed by atoms with Crippen LogP contribution >= 0.6 is 0 Å². The standard InChI is InChI=1S/Al.Ce.2O.3H. The maximum absolute atomic E-state index is 8.57. The van der Waals surface area contributed by atoms with Crippen molar-refractivity contribution in [1.29, 1.82) is 0 Å². The third kappa shape index (κ3) is 9.70. The van der Waals surface area contributed by atoms with Crippen LogP contribution in [0.2, 0.25) is 0 Å². The third-order valence-corrected chi connectivity index (χ3v) is 0. The summed E-state index contributed by atoms with van der Waals surface area (Å²) in [6.45, 7) is 0. The van der Waals surface area contributed by atoms with E-state index >= 15 is 0 Å². The normalized spacial score (nSPS) is 2.00. The van der Waals surface area contributed by atoms with E-state index in [2.05, 4.69) is 0 Å². The number of rotatable bonds is 0. The van der Waals surface area contributed by atoms with Crippen LogP contribution in [0, 0.1) is 37.8 Å². The Kier molecular flexibility index (Phi) is 20.1. The predicted octanol–water partition coefficient (Wildman–Crippen LogP) is -1.42. The second kappa shape index (κ2) is 8.82. The summed E-state index contributed by atoms with van der Waals surface area (Å²) in [4.78, 5) is 0. The van der Waals surface area contributed by atoms with Gasteiger partial charge in [0.15, 0.2) is 17.4 Å². The molecule has 4 heteroatoms. The van der Waals surface area contributed by atoms with Gasteiger partial charge in [-0.25, -0.2) is 0 Å². The summed E-state index contributed by atoms with van der Waals surface area (Å²) in [7, 11) is 0. The molecule has 0 aromatic rings. The molecule has 0 N–H and O–H groups in total. The molecular weight excluding hydrogens is 199 g/mol. The van der Waals surface area contributed by atoms with E-state index in [4.69, 9.17) is 1.88 Å². The van der Waals surface area contributed by atoms with E-state index in [1.54, 1.807) is 0 Å². The summed E-state index contributed by atoms with van der Waals surface area (Å²) >= 11 is -2.42. The van der Waals surface area contributed by atoms with Crippen LogP contribution in [0.25, 0.3) is 0 Å². The van der Waals surface area contributed by atoms with Gasteiger partial charge in [0.1, 0.15) is 0 Å². The summed E-state index contributed by atoms with van der Waals surface area (Å²) in [5, 5.41) is 0. The van der Waals surface area contributed by atoms with E-state index in [0.717, 1.165) is 0 Å². The molecule has 0 aliphatic carbocycles. The zero-order chi connectivity index (χ0) is 2.71. The van der Waals surface area contributed by atoms with Gasteiger partial charge in [-0.2, -0.15) is 0 Å². The van der Waals surface area contributed by atoms with E-state index in [9.17, 15) is 0 Å². The minimum atomic E-state index is -2.42. The second-order valence-corrected chi connectivity index (χ2v) is 0.607. The molecule has 0 rings (SSSR count). The van der Waals surface area contributed by atoms with E-state index < -0.39 is 37.8 Å². The average molecular weight is 202 g/mol. The molecule has 22 valence electrons. The molecule has 0 aliphatic heterocycles. The first-order valence-electron chi connectivity index (χ1n) is 0.408. The Labute approximate surface area is 56.1 Å². The van der Waals surface area contributed by atoms with Crippen LogP contribution in [-0.2, 0) is 1.88 Å². The van der Waals surface area contributed by atoms with Gasteiger partial charge >= 0.3 is 39.7 Å². The molecule has 0 amide bonds. The molecule has 0 bridgehead atoms. The summed E-state index contributed by atoms with van der Waals surface area (Å²) < 4.78 is 17.1. The summed E-state index contributed by atoms with van der Waals surface area (Å²) in [6, 6.07) is 0. The molecule has 0 radical (unpaired) electrons. The van der Waals surface area contributed by atoms with Crippen molar-refractivity contribution in [3.63, 3.8) is 0 Å². The summed E-state index contributed by atoms with van der Waals surface area (Å²) in [5.74, 6) is 0. The van der Waals surface area contributed by atoms with Crippen LogP contribution in [0.5, 0.6) is 0 Å². The fourth-order valence-corrected chi connectivity index (χ4v) is 0. The Morgan fingerprint density at radius 1 is 1.25 bits per heavy atom. The third-order valence-electron chi connectivity index (χ3n) is 0. The van der Waals surface area contributed by atoms with Crippen molar-refractivity contribution in [3.8, 4) is 0 Å². The van der Waals surface area contributed by atoms with E-state index in [1.165, 1.54) is 0 Å². The van der Waals surface area contributed by atoms with Crippen LogP contribution in [0.15, 0.2) is 0 Å². The van der Waals surface area contributed by atoms with Gasteiger partial charge in [0, 0.05) is 0 Å². The maximum atomic E-state index is 8.57. The quantitative estimate of drug-likeness (QED) is 0.452. The van der Waals surface area contributed by atoms with E-state index in [-0.39, 0.29) is 17.4 Å². The molecule has 0 saturated heterocycles. The first kappa shape index (κ1) is 9.10. The van der Waals surface area contributed by atoms with Gasteiger partial charge in [-0.05, 0) is 0 Å². The van der Waals surface area contributed by atoms with Crippen LogP contribution < -0.4 is 0 Å². The van der Waals surface area contributed by atoms with Crippen molar-refractivity contribution in [2.75, 3.05) is 0 Å². The molecule has 0 saturated carbocycles. The fourth-order valence-electron chi connectivity index (χ4n) is 0. The van der Waals surface area contributed by atoms with Gasteiger partial charge in [-0.1, -0.05) is 0 Å². The van der Waals surface area contributed by atoms with Crippen molar-refractivity contribution in [3.05, 3.63) is 0 Å². The first-order valence-corrected chi connectivity index (χ1v) is 2.97. The number of hydrogen-bond donors (Lipinski definition) is 0. The van der Waals surface area contributed by atoms with Crippen molar-refractivity contribution >= 4 is 17.4 Å². The Morgan fingerprint density at radius 3 is 1.25 bits per heavy atom.